The number of hydrogen-bond acceptors (Lipinski definition) is 5. The van der Waals surface area contributed by atoms with E-state index in [9.17, 15) is 18.0 Å². The number of rotatable bonds is 1. The van der Waals surface area contributed by atoms with Gasteiger partial charge in [-0.1, -0.05) is 0 Å². The Morgan fingerprint density at radius 3 is 2.29 bits per heavy atom. The third-order valence-electron chi connectivity index (χ3n) is 1.82. The molecule has 0 saturated carbocycles. The lowest BCUT2D eigenvalue weighted by Gasteiger charge is -2.22. The quantitative estimate of drug-likeness (QED) is 0.663. The summed E-state index contributed by atoms with van der Waals surface area (Å²) in [5, 5.41) is 8.67. The maximum absolute atomic E-state index is 11.5. The molecule has 0 aromatic carbocycles. The molecular formula is C8H14N2O6S. The van der Waals surface area contributed by atoms with Gasteiger partial charge in [0.25, 0.3) is 0 Å². The summed E-state index contributed by atoms with van der Waals surface area (Å²) in [4.78, 5) is 22.2. The Kier molecular flexibility index (Phi) is 3.35. The van der Waals surface area contributed by atoms with E-state index >= 15 is 0 Å². The number of amides is 1. The smallest absolute Gasteiger partial charge is 0.425 e. The highest BCUT2D eigenvalue weighted by Gasteiger charge is 2.43. The van der Waals surface area contributed by atoms with Gasteiger partial charge in [0.1, 0.15) is 11.6 Å². The number of ether oxygens (including phenoxy) is 1. The van der Waals surface area contributed by atoms with Crippen LogP contribution in [0.4, 0.5) is 4.79 Å². The number of carbonyl (C=O) groups excluding carboxylic acids is 1. The van der Waals surface area contributed by atoms with Gasteiger partial charge in [0.05, 0.1) is 6.54 Å². The van der Waals surface area contributed by atoms with E-state index in [0.29, 0.717) is 4.31 Å². The highest BCUT2D eigenvalue weighted by Crippen LogP contribution is 2.16. The minimum absolute atomic E-state index is 0.372. The highest BCUT2D eigenvalue weighted by atomic mass is 32.2. The van der Waals surface area contributed by atoms with Crippen LogP contribution in [0, 0.1) is 0 Å². The molecule has 1 aliphatic rings. The second-order valence-corrected chi connectivity index (χ2v) is 6.15. The second kappa shape index (κ2) is 4.15. The van der Waals surface area contributed by atoms with Gasteiger partial charge in [0.2, 0.25) is 0 Å². The van der Waals surface area contributed by atoms with Gasteiger partial charge in [-0.25, -0.2) is 4.79 Å². The normalized spacial score (nSPS) is 23.5. The number of nitrogens with one attached hydrogen (secondary N) is 1. The summed E-state index contributed by atoms with van der Waals surface area (Å²) in [6.07, 6.45) is -1.09. The standard InChI is InChI=1S/C8H14N2O6S/c1-8(2,3)16-7(13)10-4-5(6(11)12)9-17(10,14)15/h5,9H,4H2,1-3H3,(H,11,12). The largest absolute Gasteiger partial charge is 0.480 e. The molecule has 1 amide bonds. The summed E-state index contributed by atoms with van der Waals surface area (Å²) in [5.41, 5.74) is -0.853. The Bertz CT molecular complexity index is 437. The van der Waals surface area contributed by atoms with Crippen molar-refractivity contribution in [2.24, 2.45) is 0 Å². The van der Waals surface area contributed by atoms with Crippen LogP contribution in [0.2, 0.25) is 0 Å². The zero-order valence-corrected chi connectivity index (χ0v) is 10.4. The first-order valence-corrected chi connectivity index (χ1v) is 6.23. The summed E-state index contributed by atoms with van der Waals surface area (Å²) in [5.74, 6) is -1.35. The van der Waals surface area contributed by atoms with Crippen molar-refractivity contribution in [3.63, 3.8) is 0 Å². The van der Waals surface area contributed by atoms with E-state index < -0.39 is 40.5 Å². The maximum Gasteiger partial charge on any atom is 0.425 e. The van der Waals surface area contributed by atoms with Gasteiger partial charge < -0.3 is 9.84 Å². The van der Waals surface area contributed by atoms with Gasteiger partial charge in [-0.15, -0.1) is 0 Å². The fourth-order valence-corrected chi connectivity index (χ4v) is 2.40. The number of carboxylic acids is 1. The van der Waals surface area contributed by atoms with Crippen LogP contribution in [0.15, 0.2) is 0 Å². The zero-order chi connectivity index (χ0) is 13.4. The van der Waals surface area contributed by atoms with Crippen LogP contribution in [0.3, 0.4) is 0 Å². The lowest BCUT2D eigenvalue weighted by atomic mass is 10.2. The zero-order valence-electron chi connectivity index (χ0n) is 9.63. The Hall–Kier alpha value is -1.35. The molecular weight excluding hydrogens is 252 g/mol. The second-order valence-electron chi connectivity index (χ2n) is 4.53. The number of carbonyl (C=O) groups is 2. The number of aliphatic carboxylic acids is 1. The fourth-order valence-electron chi connectivity index (χ4n) is 1.16. The van der Waals surface area contributed by atoms with Gasteiger partial charge in [0.15, 0.2) is 0 Å². The lowest BCUT2D eigenvalue weighted by molar-refractivity contribution is -0.138. The van der Waals surface area contributed by atoms with E-state index in [1.165, 1.54) is 0 Å². The highest BCUT2D eigenvalue weighted by molar-refractivity contribution is 7.88. The average molecular weight is 266 g/mol. The van der Waals surface area contributed by atoms with E-state index in [2.05, 4.69) is 0 Å². The van der Waals surface area contributed by atoms with Crippen molar-refractivity contribution in [3.05, 3.63) is 0 Å². The van der Waals surface area contributed by atoms with Crippen molar-refractivity contribution < 1.29 is 27.9 Å². The van der Waals surface area contributed by atoms with Crippen molar-refractivity contribution in [1.29, 1.82) is 0 Å². The van der Waals surface area contributed by atoms with Gasteiger partial charge in [-0.05, 0) is 20.8 Å². The molecule has 0 spiro atoms. The first kappa shape index (κ1) is 13.7. The lowest BCUT2D eigenvalue weighted by Crippen LogP contribution is -2.39. The SMILES string of the molecule is CC(C)(C)OC(=O)N1CC(C(=O)O)NS1(=O)=O. The van der Waals surface area contributed by atoms with E-state index in [4.69, 9.17) is 9.84 Å². The summed E-state index contributed by atoms with van der Waals surface area (Å²) < 4.78 is 30.0. The summed E-state index contributed by atoms with van der Waals surface area (Å²) in [6.45, 7) is 4.26. The summed E-state index contributed by atoms with van der Waals surface area (Å²) in [6, 6.07) is -1.34. The molecule has 9 heteroatoms. The number of carboxylic acid groups (broad SMARTS) is 1. The van der Waals surface area contributed by atoms with Gasteiger partial charge >= 0.3 is 22.3 Å². The minimum Gasteiger partial charge on any atom is -0.480 e. The van der Waals surface area contributed by atoms with Crippen molar-refractivity contribution >= 4 is 22.3 Å². The van der Waals surface area contributed by atoms with Gasteiger partial charge in [-0.2, -0.15) is 17.4 Å². The van der Waals surface area contributed by atoms with E-state index in [1.54, 1.807) is 20.8 Å². The summed E-state index contributed by atoms with van der Waals surface area (Å²) in [7, 11) is -4.12. The first-order chi connectivity index (χ1) is 7.53. The Labute approximate surface area is 98.7 Å². The monoisotopic (exact) mass is 266 g/mol. The van der Waals surface area contributed by atoms with Crippen LogP contribution in [0.25, 0.3) is 0 Å². The molecule has 1 saturated heterocycles. The van der Waals surface area contributed by atoms with E-state index in [1.807, 2.05) is 4.72 Å². The number of hydrogen-bond donors (Lipinski definition) is 2. The molecule has 1 aliphatic heterocycles. The molecule has 2 N–H and O–H groups in total. The van der Waals surface area contributed by atoms with Crippen molar-refractivity contribution in [2.75, 3.05) is 6.54 Å². The minimum atomic E-state index is -4.12. The van der Waals surface area contributed by atoms with Crippen molar-refractivity contribution in [2.45, 2.75) is 32.4 Å². The molecule has 0 aromatic heterocycles. The third kappa shape index (κ3) is 3.30. The van der Waals surface area contributed by atoms with Crippen LogP contribution in [-0.4, -0.2) is 48.1 Å². The van der Waals surface area contributed by atoms with Crippen LogP contribution in [-0.2, 0) is 19.7 Å². The van der Waals surface area contributed by atoms with Gasteiger partial charge in [-0.3, -0.25) is 4.79 Å². The van der Waals surface area contributed by atoms with E-state index in [-0.39, 0.29) is 0 Å². The van der Waals surface area contributed by atoms with Crippen molar-refractivity contribution in [3.8, 4) is 0 Å². The molecule has 8 nitrogen and oxygen atoms in total. The molecule has 0 aromatic rings. The third-order valence-corrected chi connectivity index (χ3v) is 3.29. The number of nitrogens with zero attached hydrogens (tertiary/aromatic N) is 1. The fraction of sp³-hybridized carbons (Fsp3) is 0.750. The molecule has 1 rings (SSSR count). The molecule has 98 valence electrons. The first-order valence-electron chi connectivity index (χ1n) is 4.79. The van der Waals surface area contributed by atoms with Crippen LogP contribution >= 0.6 is 0 Å². The average Bonchev–Trinajstić information content (AvgIpc) is 2.38. The van der Waals surface area contributed by atoms with Crippen LogP contribution in [0.5, 0.6) is 0 Å². The molecule has 0 aliphatic carbocycles. The molecule has 0 radical (unpaired) electrons. The maximum atomic E-state index is 11.5. The topological polar surface area (TPSA) is 113 Å². The Balaban J connectivity index is 2.85. The molecule has 0 bridgehead atoms. The van der Waals surface area contributed by atoms with Crippen LogP contribution in [0.1, 0.15) is 20.8 Å². The Morgan fingerprint density at radius 1 is 1.41 bits per heavy atom. The predicted octanol–water partition coefficient (Wildman–Crippen LogP) is -0.475. The molecule has 17 heavy (non-hydrogen) atoms. The molecule has 1 heterocycles. The molecule has 1 fully saturated rings. The molecule has 1 unspecified atom stereocenters. The van der Waals surface area contributed by atoms with Crippen LogP contribution < -0.4 is 4.72 Å². The summed E-state index contributed by atoms with van der Waals surface area (Å²) >= 11 is 0. The predicted molar refractivity (Wildman–Crippen MR) is 56.4 cm³/mol. The van der Waals surface area contributed by atoms with E-state index in [0.717, 1.165) is 0 Å². The Morgan fingerprint density at radius 2 is 1.94 bits per heavy atom. The van der Waals surface area contributed by atoms with Gasteiger partial charge in [0, 0.05) is 0 Å². The molecule has 1 atom stereocenters. The van der Waals surface area contributed by atoms with Crippen molar-refractivity contribution in [1.82, 2.24) is 9.03 Å².